The fourth-order valence-corrected chi connectivity index (χ4v) is 4.35. The summed E-state index contributed by atoms with van der Waals surface area (Å²) in [5, 5.41) is 16.6. The molecule has 1 aliphatic carbocycles. The third-order valence-electron chi connectivity index (χ3n) is 5.78. The number of allylic oxidation sites excluding steroid dienone is 2. The Hall–Kier alpha value is -3.60. The quantitative estimate of drug-likeness (QED) is 0.426. The number of anilines is 1. The van der Waals surface area contributed by atoms with E-state index >= 15 is 0 Å². The molecule has 0 aromatic heterocycles. The van der Waals surface area contributed by atoms with Gasteiger partial charge in [-0.2, -0.15) is 0 Å². The van der Waals surface area contributed by atoms with E-state index in [1.165, 1.54) is 0 Å². The number of aliphatic carboxylic acids is 1. The van der Waals surface area contributed by atoms with Crippen molar-refractivity contribution in [2.45, 2.75) is 18.4 Å². The Morgan fingerprint density at radius 3 is 2.66 bits per heavy atom. The molecule has 5 rings (SSSR count). The third-order valence-corrected chi connectivity index (χ3v) is 5.78. The van der Waals surface area contributed by atoms with Crippen LogP contribution in [0.4, 0.5) is 5.69 Å². The monoisotopic (exact) mass is 384 g/mol. The van der Waals surface area contributed by atoms with E-state index in [1.54, 1.807) is 24.3 Å². The Bertz CT molecular complexity index is 1170. The van der Waals surface area contributed by atoms with Crippen LogP contribution in [0.1, 0.15) is 28.3 Å². The van der Waals surface area contributed by atoms with Gasteiger partial charge in [0, 0.05) is 11.6 Å². The number of rotatable bonds is 3. The molecule has 1 N–H and O–H groups in total. The molecule has 0 amide bonds. The van der Waals surface area contributed by atoms with E-state index in [-0.39, 0.29) is 11.8 Å². The molecule has 0 bridgehead atoms. The van der Waals surface area contributed by atoms with E-state index in [1.807, 2.05) is 48.6 Å². The summed E-state index contributed by atoms with van der Waals surface area (Å²) in [6.45, 7) is 0. The number of carboxylic acids is 1. The first-order valence-corrected chi connectivity index (χ1v) is 9.59. The van der Waals surface area contributed by atoms with E-state index in [0.29, 0.717) is 23.4 Å². The van der Waals surface area contributed by atoms with Crippen LogP contribution in [0.2, 0.25) is 0 Å². The highest BCUT2D eigenvalue weighted by Crippen LogP contribution is 2.44. The van der Waals surface area contributed by atoms with Crippen LogP contribution < -0.4 is 15.2 Å². The fraction of sp³-hybridized carbons (Fsp3) is 0.167. The Labute approximate surface area is 167 Å². The third kappa shape index (κ3) is 3.05. The zero-order valence-corrected chi connectivity index (χ0v) is 15.5. The minimum atomic E-state index is -1.10. The molecule has 1 aliphatic heterocycles. The van der Waals surface area contributed by atoms with Crippen molar-refractivity contribution in [2.24, 2.45) is 5.92 Å². The van der Waals surface area contributed by atoms with Crippen LogP contribution in [-0.4, -0.2) is 18.0 Å². The van der Waals surface area contributed by atoms with Crippen LogP contribution in [0.3, 0.4) is 0 Å². The van der Waals surface area contributed by atoms with Gasteiger partial charge < -0.3 is 20.0 Å². The van der Waals surface area contributed by atoms with Crippen molar-refractivity contribution in [1.29, 1.82) is 0 Å². The molecule has 0 spiro atoms. The van der Waals surface area contributed by atoms with Crippen LogP contribution in [0, 0.1) is 5.92 Å². The van der Waals surface area contributed by atoms with Gasteiger partial charge in [-0.05, 0) is 59.0 Å². The van der Waals surface area contributed by atoms with Crippen molar-refractivity contribution in [3.63, 3.8) is 0 Å². The molecule has 3 atom stereocenters. The van der Waals surface area contributed by atoms with Gasteiger partial charge in [0.05, 0.1) is 17.6 Å². The lowest BCUT2D eigenvalue weighted by atomic mass is 9.79. The predicted molar refractivity (Wildman–Crippen MR) is 108 cm³/mol. The largest absolute Gasteiger partial charge is 0.548 e. The maximum Gasteiger partial charge on any atom is 0.343 e. The molecule has 0 unspecified atom stereocenters. The molecule has 0 fully saturated rings. The molecule has 144 valence electrons. The van der Waals surface area contributed by atoms with E-state index in [9.17, 15) is 14.7 Å². The number of nitrogens with one attached hydrogen (secondary N) is 1. The standard InChI is InChI=1S/C24H19NO4/c26-23(27)22-19-7-3-6-18(19)20-13-16(9-11-21(20)25-22)24(28)29-17-10-8-14-4-1-2-5-15(14)12-17/h1-6,8-13,18-19,22,25H,7H2,(H,26,27)/p-1/t18-,19+,22+/m0/s1. The molecular weight excluding hydrogens is 366 g/mol. The van der Waals surface area contributed by atoms with Gasteiger partial charge in [-0.25, -0.2) is 4.79 Å². The first-order chi connectivity index (χ1) is 14.1. The maximum absolute atomic E-state index is 12.7. The molecule has 5 heteroatoms. The molecule has 3 aromatic carbocycles. The summed E-state index contributed by atoms with van der Waals surface area (Å²) in [5.41, 5.74) is 2.06. The maximum atomic E-state index is 12.7. The summed E-state index contributed by atoms with van der Waals surface area (Å²) in [6.07, 6.45) is 4.67. The summed E-state index contributed by atoms with van der Waals surface area (Å²) in [5.74, 6) is -1.22. The normalized spacial score (nSPS) is 21.9. The lowest BCUT2D eigenvalue weighted by Gasteiger charge is -2.37. The van der Waals surface area contributed by atoms with E-state index < -0.39 is 18.0 Å². The molecule has 3 aromatic rings. The topological polar surface area (TPSA) is 78.5 Å². The predicted octanol–water partition coefficient (Wildman–Crippen LogP) is 3.26. The van der Waals surface area contributed by atoms with Gasteiger partial charge in [0.25, 0.3) is 0 Å². The van der Waals surface area contributed by atoms with E-state index in [2.05, 4.69) is 5.32 Å². The smallest absolute Gasteiger partial charge is 0.343 e. The number of hydrogen-bond acceptors (Lipinski definition) is 5. The molecular formula is C24H18NO4-. The number of fused-ring (bicyclic) bond motifs is 4. The number of esters is 1. The number of carbonyl (C=O) groups is 2. The van der Waals surface area contributed by atoms with Gasteiger partial charge >= 0.3 is 5.97 Å². The Morgan fingerprint density at radius 1 is 1.00 bits per heavy atom. The SMILES string of the molecule is O=C(Oc1ccc2ccccc2c1)c1ccc2c(c1)[C@H]1C=CC[C@H]1[C@H](C(=O)[O-])N2. The average molecular weight is 384 g/mol. The number of carbonyl (C=O) groups excluding carboxylic acids is 2. The number of carboxylic acid groups (broad SMARTS) is 1. The van der Waals surface area contributed by atoms with Crippen molar-refractivity contribution in [3.05, 3.63) is 83.9 Å². The van der Waals surface area contributed by atoms with Crippen molar-refractivity contribution in [2.75, 3.05) is 5.32 Å². The summed E-state index contributed by atoms with van der Waals surface area (Å²) in [7, 11) is 0. The van der Waals surface area contributed by atoms with Gasteiger partial charge in [-0.1, -0.05) is 42.5 Å². The Kier molecular flexibility index (Phi) is 4.09. The van der Waals surface area contributed by atoms with Crippen molar-refractivity contribution < 1.29 is 19.4 Å². The zero-order chi connectivity index (χ0) is 20.0. The van der Waals surface area contributed by atoms with Gasteiger partial charge in [0.15, 0.2) is 0 Å². The lowest BCUT2D eigenvalue weighted by molar-refractivity contribution is -0.308. The van der Waals surface area contributed by atoms with Crippen LogP contribution in [-0.2, 0) is 4.79 Å². The molecule has 29 heavy (non-hydrogen) atoms. The number of benzene rings is 3. The van der Waals surface area contributed by atoms with Crippen molar-refractivity contribution >= 4 is 28.4 Å². The highest BCUT2D eigenvalue weighted by molar-refractivity contribution is 5.93. The molecule has 5 nitrogen and oxygen atoms in total. The van der Waals surface area contributed by atoms with Crippen molar-refractivity contribution in [1.82, 2.24) is 0 Å². The Balaban J connectivity index is 1.43. The highest BCUT2D eigenvalue weighted by Gasteiger charge is 2.38. The second kappa shape index (κ2) is 6.78. The molecule has 0 radical (unpaired) electrons. The van der Waals surface area contributed by atoms with Crippen LogP contribution in [0.15, 0.2) is 72.8 Å². The molecule has 1 heterocycles. The van der Waals surface area contributed by atoms with E-state index in [0.717, 1.165) is 16.3 Å². The number of ether oxygens (including phenoxy) is 1. The second-order valence-electron chi connectivity index (χ2n) is 7.50. The number of hydrogen-bond donors (Lipinski definition) is 1. The van der Waals surface area contributed by atoms with Gasteiger partial charge in [-0.3, -0.25) is 0 Å². The molecule has 0 saturated heterocycles. The summed E-state index contributed by atoms with van der Waals surface area (Å²) in [4.78, 5) is 24.2. The zero-order valence-electron chi connectivity index (χ0n) is 15.5. The molecule has 0 saturated carbocycles. The minimum Gasteiger partial charge on any atom is -0.548 e. The summed E-state index contributed by atoms with van der Waals surface area (Å²) >= 11 is 0. The highest BCUT2D eigenvalue weighted by atomic mass is 16.5. The summed E-state index contributed by atoms with van der Waals surface area (Å²) in [6, 6.07) is 17.9. The average Bonchev–Trinajstić information content (AvgIpc) is 3.22. The van der Waals surface area contributed by atoms with Crippen LogP contribution >= 0.6 is 0 Å². The van der Waals surface area contributed by atoms with Gasteiger partial charge in [-0.15, -0.1) is 0 Å². The first-order valence-electron chi connectivity index (χ1n) is 9.59. The van der Waals surface area contributed by atoms with E-state index in [4.69, 9.17) is 4.74 Å². The second-order valence-corrected chi connectivity index (χ2v) is 7.50. The van der Waals surface area contributed by atoms with Crippen LogP contribution in [0.5, 0.6) is 5.75 Å². The van der Waals surface area contributed by atoms with Gasteiger partial charge in [0.1, 0.15) is 5.75 Å². The minimum absolute atomic E-state index is 0.0532. The van der Waals surface area contributed by atoms with Gasteiger partial charge in [0.2, 0.25) is 0 Å². The molecule has 2 aliphatic rings. The van der Waals surface area contributed by atoms with Crippen molar-refractivity contribution in [3.8, 4) is 5.75 Å². The first kappa shape index (κ1) is 17.5. The Morgan fingerprint density at radius 2 is 1.83 bits per heavy atom. The van der Waals surface area contributed by atoms with Crippen LogP contribution in [0.25, 0.3) is 10.8 Å². The summed E-state index contributed by atoms with van der Waals surface area (Å²) < 4.78 is 5.59. The lowest BCUT2D eigenvalue weighted by Crippen LogP contribution is -2.48. The fourth-order valence-electron chi connectivity index (χ4n) is 4.35.